The maximum Gasteiger partial charge on any atom is 0.227 e. The Hall–Kier alpha value is -2.93. The summed E-state index contributed by atoms with van der Waals surface area (Å²) in [6.07, 6.45) is 5.08. The number of hydrogen-bond acceptors (Lipinski definition) is 5. The van der Waals surface area contributed by atoms with Crippen molar-refractivity contribution in [2.75, 3.05) is 37.7 Å². The van der Waals surface area contributed by atoms with Crippen LogP contribution in [0.4, 0.5) is 5.95 Å². The van der Waals surface area contributed by atoms with Gasteiger partial charge in [-0.05, 0) is 23.6 Å². The second-order valence-electron chi connectivity index (χ2n) is 7.34. The molecule has 0 spiro atoms. The molecule has 2 aromatic heterocycles. The Kier molecular flexibility index (Phi) is 4.44. The molecular formula is C21H23N5O2. The van der Waals surface area contributed by atoms with Gasteiger partial charge in [0.1, 0.15) is 0 Å². The lowest BCUT2D eigenvalue weighted by molar-refractivity contribution is -0.131. The average Bonchev–Trinajstić information content (AvgIpc) is 3.16. The summed E-state index contributed by atoms with van der Waals surface area (Å²) in [5.74, 6) is 0.884. The van der Waals surface area contributed by atoms with Crippen molar-refractivity contribution in [1.82, 2.24) is 19.9 Å². The molecule has 1 amide bonds. The van der Waals surface area contributed by atoms with E-state index in [-0.39, 0.29) is 5.91 Å². The number of para-hydroxylation sites is 1. The minimum absolute atomic E-state index is 0.141. The van der Waals surface area contributed by atoms with Gasteiger partial charge in [0.05, 0.1) is 31.9 Å². The maximum atomic E-state index is 12.9. The highest BCUT2D eigenvalue weighted by molar-refractivity contribution is 5.89. The number of hydrogen-bond donors (Lipinski definition) is 1. The molecular weight excluding hydrogens is 354 g/mol. The van der Waals surface area contributed by atoms with E-state index in [1.54, 1.807) is 0 Å². The largest absolute Gasteiger partial charge is 0.378 e. The molecule has 7 nitrogen and oxygen atoms in total. The predicted octanol–water partition coefficient (Wildman–Crippen LogP) is 1.92. The number of H-pyrrole nitrogens is 1. The highest BCUT2D eigenvalue weighted by atomic mass is 16.5. The van der Waals surface area contributed by atoms with Crippen molar-refractivity contribution in [2.45, 2.75) is 19.4 Å². The molecule has 28 heavy (non-hydrogen) atoms. The lowest BCUT2D eigenvalue weighted by atomic mass is 10.1. The lowest BCUT2D eigenvalue weighted by Crippen LogP contribution is -2.39. The Morgan fingerprint density at radius 3 is 2.93 bits per heavy atom. The number of anilines is 1. The number of ether oxygens (including phenoxy) is 1. The zero-order chi connectivity index (χ0) is 18.9. The van der Waals surface area contributed by atoms with Crippen LogP contribution in [0.3, 0.4) is 0 Å². The highest BCUT2D eigenvalue weighted by Crippen LogP contribution is 2.22. The normalized spacial score (nSPS) is 17.0. The number of carbonyl (C=O) groups is 1. The van der Waals surface area contributed by atoms with Gasteiger partial charge in [0.15, 0.2) is 0 Å². The molecule has 7 heteroatoms. The van der Waals surface area contributed by atoms with Gasteiger partial charge in [0.25, 0.3) is 0 Å². The summed E-state index contributed by atoms with van der Waals surface area (Å²) in [5, 5.41) is 1.12. The smallest absolute Gasteiger partial charge is 0.227 e. The molecule has 0 aliphatic carbocycles. The van der Waals surface area contributed by atoms with Crippen molar-refractivity contribution in [3.63, 3.8) is 0 Å². The van der Waals surface area contributed by atoms with Crippen LogP contribution in [-0.2, 0) is 28.9 Å². The summed E-state index contributed by atoms with van der Waals surface area (Å²) in [5.41, 5.74) is 4.23. The van der Waals surface area contributed by atoms with Crippen LogP contribution in [0, 0.1) is 0 Å². The quantitative estimate of drug-likeness (QED) is 0.755. The minimum Gasteiger partial charge on any atom is -0.378 e. The standard InChI is InChI=1S/C21H23N5O2/c27-20(11-16-13-22-18-4-2-1-3-17(16)18)26-6-5-15-12-23-21(24-19(15)14-26)25-7-9-28-10-8-25/h1-4,12-13,22H,5-11,14H2. The molecule has 1 saturated heterocycles. The van der Waals surface area contributed by atoms with Crippen LogP contribution in [0.1, 0.15) is 16.8 Å². The van der Waals surface area contributed by atoms with E-state index >= 15 is 0 Å². The lowest BCUT2D eigenvalue weighted by Gasteiger charge is -2.30. The van der Waals surface area contributed by atoms with Gasteiger partial charge in [-0.2, -0.15) is 0 Å². The Morgan fingerprint density at radius 1 is 1.18 bits per heavy atom. The van der Waals surface area contributed by atoms with Gasteiger partial charge in [-0.1, -0.05) is 18.2 Å². The molecule has 0 saturated carbocycles. The summed E-state index contributed by atoms with van der Waals surface area (Å²) in [6, 6.07) is 8.09. The zero-order valence-electron chi connectivity index (χ0n) is 15.7. The molecule has 5 rings (SSSR count). The van der Waals surface area contributed by atoms with Crippen LogP contribution in [0.15, 0.2) is 36.7 Å². The Morgan fingerprint density at radius 2 is 2.04 bits per heavy atom. The van der Waals surface area contributed by atoms with Crippen LogP contribution in [-0.4, -0.2) is 58.6 Å². The zero-order valence-corrected chi connectivity index (χ0v) is 15.7. The second kappa shape index (κ2) is 7.24. The molecule has 3 aromatic rings. The molecule has 0 unspecified atom stereocenters. The number of benzene rings is 1. The van der Waals surface area contributed by atoms with E-state index in [9.17, 15) is 4.79 Å². The summed E-state index contributed by atoms with van der Waals surface area (Å²) < 4.78 is 5.41. The van der Waals surface area contributed by atoms with Crippen LogP contribution in [0.5, 0.6) is 0 Å². The SMILES string of the molecule is O=C(Cc1c[nH]c2ccccc12)N1CCc2cnc(N3CCOCC3)nc2C1. The van der Waals surface area contributed by atoms with E-state index in [1.807, 2.05) is 35.5 Å². The van der Waals surface area contributed by atoms with E-state index in [0.29, 0.717) is 32.7 Å². The molecule has 4 heterocycles. The first-order valence-electron chi connectivity index (χ1n) is 9.78. The number of nitrogens with one attached hydrogen (secondary N) is 1. The predicted molar refractivity (Wildman–Crippen MR) is 106 cm³/mol. The van der Waals surface area contributed by atoms with E-state index in [4.69, 9.17) is 9.72 Å². The fraction of sp³-hybridized carbons (Fsp3) is 0.381. The molecule has 2 aliphatic rings. The minimum atomic E-state index is 0.141. The molecule has 0 bridgehead atoms. The first-order valence-corrected chi connectivity index (χ1v) is 9.78. The number of rotatable bonds is 3. The molecule has 1 aromatic carbocycles. The maximum absolute atomic E-state index is 12.9. The van der Waals surface area contributed by atoms with E-state index in [0.717, 1.165) is 53.2 Å². The number of carbonyl (C=O) groups excluding carboxylic acids is 1. The summed E-state index contributed by atoms with van der Waals surface area (Å²) in [7, 11) is 0. The Bertz CT molecular complexity index is 1010. The molecule has 1 N–H and O–H groups in total. The Labute approximate surface area is 163 Å². The second-order valence-corrected chi connectivity index (χ2v) is 7.34. The molecule has 1 fully saturated rings. The monoisotopic (exact) mass is 377 g/mol. The van der Waals surface area contributed by atoms with Crippen LogP contribution in [0.25, 0.3) is 10.9 Å². The van der Waals surface area contributed by atoms with Crippen molar-refractivity contribution >= 4 is 22.8 Å². The van der Waals surface area contributed by atoms with Crippen molar-refractivity contribution in [3.8, 4) is 0 Å². The molecule has 144 valence electrons. The van der Waals surface area contributed by atoms with Crippen molar-refractivity contribution < 1.29 is 9.53 Å². The summed E-state index contributed by atoms with van der Waals surface area (Å²) >= 11 is 0. The number of aromatic amines is 1. The van der Waals surface area contributed by atoms with Gasteiger partial charge >= 0.3 is 0 Å². The third-order valence-corrected chi connectivity index (χ3v) is 5.60. The average molecular weight is 377 g/mol. The first-order chi connectivity index (χ1) is 13.8. The fourth-order valence-corrected chi connectivity index (χ4v) is 3.97. The van der Waals surface area contributed by atoms with Crippen molar-refractivity contribution in [1.29, 1.82) is 0 Å². The van der Waals surface area contributed by atoms with Crippen molar-refractivity contribution in [2.24, 2.45) is 0 Å². The number of aromatic nitrogens is 3. The van der Waals surface area contributed by atoms with Gasteiger partial charge in [0.2, 0.25) is 11.9 Å². The molecule has 2 aliphatic heterocycles. The summed E-state index contributed by atoms with van der Waals surface area (Å²) in [6.45, 7) is 4.29. The van der Waals surface area contributed by atoms with Crippen LogP contribution >= 0.6 is 0 Å². The molecule has 0 atom stereocenters. The van der Waals surface area contributed by atoms with Crippen LogP contribution in [0.2, 0.25) is 0 Å². The third kappa shape index (κ3) is 3.22. The van der Waals surface area contributed by atoms with Gasteiger partial charge in [-0.15, -0.1) is 0 Å². The molecule has 0 radical (unpaired) electrons. The van der Waals surface area contributed by atoms with Gasteiger partial charge in [0, 0.05) is 42.9 Å². The number of fused-ring (bicyclic) bond motifs is 2. The summed E-state index contributed by atoms with van der Waals surface area (Å²) in [4.78, 5) is 29.6. The number of morpholine rings is 1. The Balaban J connectivity index is 1.32. The third-order valence-electron chi connectivity index (χ3n) is 5.60. The van der Waals surface area contributed by atoms with Crippen LogP contribution < -0.4 is 4.90 Å². The fourth-order valence-electron chi connectivity index (χ4n) is 3.97. The van der Waals surface area contributed by atoms with Gasteiger partial charge < -0.3 is 19.5 Å². The van der Waals surface area contributed by atoms with E-state index in [2.05, 4.69) is 20.9 Å². The number of amides is 1. The van der Waals surface area contributed by atoms with Gasteiger partial charge in [-0.25, -0.2) is 9.97 Å². The number of nitrogens with zero attached hydrogens (tertiary/aromatic N) is 4. The van der Waals surface area contributed by atoms with Gasteiger partial charge in [-0.3, -0.25) is 4.79 Å². The van der Waals surface area contributed by atoms with E-state index < -0.39 is 0 Å². The van der Waals surface area contributed by atoms with E-state index in [1.165, 1.54) is 0 Å². The topological polar surface area (TPSA) is 74.4 Å². The van der Waals surface area contributed by atoms with Crippen molar-refractivity contribution in [3.05, 3.63) is 53.5 Å². The first kappa shape index (κ1) is 17.2. The highest BCUT2D eigenvalue weighted by Gasteiger charge is 2.24.